The van der Waals surface area contributed by atoms with Crippen LogP contribution in [0.25, 0.3) is 0 Å². The summed E-state index contributed by atoms with van der Waals surface area (Å²) in [6.45, 7) is 7.75. The van der Waals surface area contributed by atoms with Crippen molar-refractivity contribution in [3.05, 3.63) is 12.3 Å². The van der Waals surface area contributed by atoms with E-state index in [0.717, 1.165) is 44.1 Å². The van der Waals surface area contributed by atoms with Gasteiger partial charge in [-0.2, -0.15) is 4.98 Å². The molecule has 2 saturated heterocycles. The number of aromatic nitrogens is 2. The van der Waals surface area contributed by atoms with E-state index in [1.807, 2.05) is 0 Å². The van der Waals surface area contributed by atoms with E-state index in [1.165, 1.54) is 38.9 Å². The van der Waals surface area contributed by atoms with E-state index >= 15 is 0 Å². The van der Waals surface area contributed by atoms with Crippen LogP contribution in [-0.2, 0) is 4.79 Å². The minimum absolute atomic E-state index is 0.250. The molecule has 26 heavy (non-hydrogen) atoms. The number of methoxy groups -OCH3 is 1. The Morgan fingerprint density at radius 3 is 2.65 bits per heavy atom. The fraction of sp³-hybridized carbons (Fsp3) is 0.722. The predicted octanol–water partition coefficient (Wildman–Crippen LogP) is 0.792. The number of hydrogen-bond acceptors (Lipinski definition) is 7. The normalized spacial score (nSPS) is 25.7. The first-order valence-electron chi connectivity index (χ1n) is 9.39. The topological polar surface area (TPSA) is 82.0 Å². The Hall–Kier alpha value is -1.93. The monoisotopic (exact) mass is 363 g/mol. The van der Waals surface area contributed by atoms with Crippen molar-refractivity contribution in [1.29, 1.82) is 0 Å². The number of piperidine rings is 1. The van der Waals surface area contributed by atoms with Crippen LogP contribution in [0.3, 0.4) is 0 Å². The molecule has 8 nitrogen and oxygen atoms in total. The van der Waals surface area contributed by atoms with Crippen molar-refractivity contribution < 1.29 is 14.6 Å². The number of piperazine rings is 1. The van der Waals surface area contributed by atoms with Gasteiger partial charge in [-0.25, -0.2) is 4.98 Å². The van der Waals surface area contributed by atoms with E-state index in [1.54, 1.807) is 19.4 Å². The molecule has 2 bridgehead atoms. The largest absolute Gasteiger partial charge is 0.483 e. The highest BCUT2D eigenvalue weighted by Gasteiger charge is 2.37. The third kappa shape index (κ3) is 4.62. The van der Waals surface area contributed by atoms with Crippen LogP contribution in [0.15, 0.2) is 12.3 Å². The Balaban J connectivity index is 0.000000613. The average Bonchev–Trinajstić information content (AvgIpc) is 3.31. The summed E-state index contributed by atoms with van der Waals surface area (Å²) in [5.41, 5.74) is 0. The minimum Gasteiger partial charge on any atom is -0.483 e. The zero-order valence-electron chi connectivity index (χ0n) is 15.5. The van der Waals surface area contributed by atoms with E-state index in [0.29, 0.717) is 5.88 Å². The summed E-state index contributed by atoms with van der Waals surface area (Å²) in [7, 11) is 1.65. The van der Waals surface area contributed by atoms with Crippen LogP contribution in [0.2, 0.25) is 0 Å². The molecule has 144 valence electrons. The van der Waals surface area contributed by atoms with Gasteiger partial charge in [0.1, 0.15) is 0 Å². The molecule has 2 aliphatic heterocycles. The zero-order chi connectivity index (χ0) is 18.4. The molecule has 1 saturated carbocycles. The number of likely N-dealkylation sites (tertiary alicyclic amines) is 1. The molecule has 2 atom stereocenters. The van der Waals surface area contributed by atoms with E-state index in [-0.39, 0.29) is 6.47 Å². The number of carboxylic acid groups (broad SMARTS) is 1. The van der Waals surface area contributed by atoms with Crippen molar-refractivity contribution >= 4 is 12.4 Å². The molecule has 3 fully saturated rings. The van der Waals surface area contributed by atoms with Gasteiger partial charge in [-0.05, 0) is 25.2 Å². The molecule has 0 spiro atoms. The maximum Gasteiger partial charge on any atom is 0.290 e. The predicted molar refractivity (Wildman–Crippen MR) is 98.6 cm³/mol. The highest BCUT2D eigenvalue weighted by Crippen LogP contribution is 2.36. The Kier molecular flexibility index (Phi) is 6.62. The SMILES string of the molecule is COc1ccnc(N2CCN(CCN3C[C@H]4CC[C@@H]3C4)CC2)n1.O=CO. The van der Waals surface area contributed by atoms with E-state index in [2.05, 4.69) is 24.7 Å². The lowest BCUT2D eigenvalue weighted by Crippen LogP contribution is -2.49. The van der Waals surface area contributed by atoms with Crippen LogP contribution >= 0.6 is 0 Å². The highest BCUT2D eigenvalue weighted by molar-refractivity contribution is 5.33. The van der Waals surface area contributed by atoms with Gasteiger partial charge < -0.3 is 14.7 Å². The van der Waals surface area contributed by atoms with E-state index in [9.17, 15) is 0 Å². The molecule has 8 heteroatoms. The Morgan fingerprint density at radius 1 is 1.27 bits per heavy atom. The second-order valence-electron chi connectivity index (χ2n) is 7.16. The Labute approximate surface area is 154 Å². The number of fused-ring (bicyclic) bond motifs is 2. The number of rotatable bonds is 5. The molecule has 1 N–H and O–H groups in total. The van der Waals surface area contributed by atoms with Gasteiger partial charge >= 0.3 is 0 Å². The lowest BCUT2D eigenvalue weighted by atomic mass is 10.1. The smallest absolute Gasteiger partial charge is 0.290 e. The molecular formula is C18H29N5O3. The van der Waals surface area contributed by atoms with Gasteiger partial charge in [-0.15, -0.1) is 0 Å². The second-order valence-corrected chi connectivity index (χ2v) is 7.16. The minimum atomic E-state index is -0.250. The fourth-order valence-corrected chi connectivity index (χ4v) is 4.34. The lowest BCUT2D eigenvalue weighted by Gasteiger charge is -2.36. The molecule has 1 aliphatic carbocycles. The maximum atomic E-state index is 8.36. The Morgan fingerprint density at radius 2 is 2.04 bits per heavy atom. The molecular weight excluding hydrogens is 334 g/mol. The second kappa shape index (κ2) is 9.14. The molecule has 1 aromatic heterocycles. The number of nitrogens with zero attached hydrogens (tertiary/aromatic N) is 5. The van der Waals surface area contributed by atoms with E-state index in [4.69, 9.17) is 14.6 Å². The summed E-state index contributed by atoms with van der Waals surface area (Å²) < 4.78 is 5.19. The first-order chi connectivity index (χ1) is 12.7. The highest BCUT2D eigenvalue weighted by atomic mass is 16.5. The number of hydrogen-bond donors (Lipinski definition) is 1. The molecule has 1 aromatic rings. The summed E-state index contributed by atoms with van der Waals surface area (Å²) in [5.74, 6) is 2.43. The van der Waals surface area contributed by atoms with Crippen molar-refractivity contribution in [2.75, 3.05) is 57.8 Å². The van der Waals surface area contributed by atoms with Crippen LogP contribution < -0.4 is 9.64 Å². The van der Waals surface area contributed by atoms with E-state index < -0.39 is 0 Å². The quantitative estimate of drug-likeness (QED) is 0.769. The van der Waals surface area contributed by atoms with Gasteiger partial charge in [0, 0.05) is 64.1 Å². The number of ether oxygens (including phenoxy) is 1. The molecule has 0 aromatic carbocycles. The van der Waals surface area contributed by atoms with Crippen molar-refractivity contribution in [2.24, 2.45) is 5.92 Å². The van der Waals surface area contributed by atoms with Crippen molar-refractivity contribution in [3.63, 3.8) is 0 Å². The van der Waals surface area contributed by atoms with Gasteiger partial charge in [-0.3, -0.25) is 14.6 Å². The summed E-state index contributed by atoms with van der Waals surface area (Å²) >= 11 is 0. The van der Waals surface area contributed by atoms with Gasteiger partial charge in [-0.1, -0.05) is 0 Å². The summed E-state index contributed by atoms with van der Waals surface area (Å²) in [6.07, 6.45) is 6.14. The van der Waals surface area contributed by atoms with Crippen molar-refractivity contribution in [3.8, 4) is 5.88 Å². The number of anilines is 1. The van der Waals surface area contributed by atoms with Crippen LogP contribution in [0.4, 0.5) is 5.95 Å². The van der Waals surface area contributed by atoms with Crippen molar-refractivity contribution in [1.82, 2.24) is 19.8 Å². The molecule has 0 radical (unpaired) electrons. The third-order valence-corrected chi connectivity index (χ3v) is 5.71. The molecule has 4 rings (SSSR count). The molecule has 0 amide bonds. The van der Waals surface area contributed by atoms with Gasteiger partial charge in [0.25, 0.3) is 6.47 Å². The maximum absolute atomic E-state index is 8.36. The van der Waals surface area contributed by atoms with Crippen LogP contribution in [0.5, 0.6) is 5.88 Å². The molecule has 3 heterocycles. The van der Waals surface area contributed by atoms with Gasteiger partial charge in [0.2, 0.25) is 11.8 Å². The summed E-state index contributed by atoms with van der Waals surface area (Å²) in [6, 6.07) is 2.69. The van der Waals surface area contributed by atoms with Crippen LogP contribution in [-0.4, -0.2) is 90.3 Å². The summed E-state index contributed by atoms with van der Waals surface area (Å²) in [5, 5.41) is 6.89. The first kappa shape index (κ1) is 18.8. The molecule has 0 unspecified atom stereocenters. The average molecular weight is 363 g/mol. The van der Waals surface area contributed by atoms with Gasteiger partial charge in [0.05, 0.1) is 7.11 Å². The lowest BCUT2D eigenvalue weighted by molar-refractivity contribution is -0.122. The summed E-state index contributed by atoms with van der Waals surface area (Å²) in [4.78, 5) is 24.8. The standard InChI is InChI=1S/C17H27N5O.CH2O2/c1-23-16-4-5-18-17(19-16)21-9-6-20(7-10-21)8-11-22-13-14-2-3-15(22)12-14;2-1-3/h4-5,14-15H,2-3,6-13H2,1H3;1H,(H,2,3)/t14-,15+;/m0./s1. The number of carbonyl (C=O) groups is 1. The van der Waals surface area contributed by atoms with Crippen molar-refractivity contribution in [2.45, 2.75) is 25.3 Å². The fourth-order valence-electron chi connectivity index (χ4n) is 4.34. The Bertz CT molecular complexity index is 580. The van der Waals surface area contributed by atoms with Crippen LogP contribution in [0.1, 0.15) is 19.3 Å². The van der Waals surface area contributed by atoms with Crippen LogP contribution in [0, 0.1) is 5.92 Å². The van der Waals surface area contributed by atoms with Gasteiger partial charge in [0.15, 0.2) is 0 Å². The first-order valence-corrected chi connectivity index (χ1v) is 9.39. The molecule has 3 aliphatic rings. The zero-order valence-corrected chi connectivity index (χ0v) is 15.5. The third-order valence-electron chi connectivity index (χ3n) is 5.71.